The van der Waals surface area contributed by atoms with Crippen molar-refractivity contribution in [2.75, 3.05) is 22.7 Å². The van der Waals surface area contributed by atoms with E-state index in [2.05, 4.69) is 27.3 Å². The molecule has 1 saturated heterocycles. The van der Waals surface area contributed by atoms with E-state index in [1.807, 2.05) is 18.2 Å². The molecule has 1 aromatic heterocycles. The molecule has 8 nitrogen and oxygen atoms in total. The number of rotatable bonds is 7. The molecule has 2 heterocycles. The lowest BCUT2D eigenvalue weighted by molar-refractivity contribution is 0.206. The summed E-state index contributed by atoms with van der Waals surface area (Å²) in [6, 6.07) is 11.9. The molecule has 12 heteroatoms. The zero-order valence-electron chi connectivity index (χ0n) is 17.2. The van der Waals surface area contributed by atoms with E-state index < -0.39 is 26.8 Å². The molecular formula is C21H20ClFN4O4S2. The SMILES string of the molecule is O=C(O)N(c1cscn1)S(=O)(=O)c1cc(Cl)c(N[C@@H]2CCN(Cc3ccccc3)C2)cc1F. The zero-order chi connectivity index (χ0) is 23.6. The number of halogens is 2. The lowest BCUT2D eigenvalue weighted by atomic mass is 10.2. The van der Waals surface area contributed by atoms with Gasteiger partial charge in [0.25, 0.3) is 10.0 Å². The molecule has 4 rings (SSSR count). The molecule has 33 heavy (non-hydrogen) atoms. The minimum atomic E-state index is -4.78. The average molecular weight is 511 g/mol. The van der Waals surface area contributed by atoms with E-state index in [4.69, 9.17) is 11.6 Å². The summed E-state index contributed by atoms with van der Waals surface area (Å²) in [7, 11) is -4.78. The van der Waals surface area contributed by atoms with Crippen molar-refractivity contribution in [2.45, 2.75) is 23.9 Å². The Morgan fingerprint density at radius 2 is 2.09 bits per heavy atom. The number of hydrogen-bond acceptors (Lipinski definition) is 7. The normalized spacial score (nSPS) is 16.6. The highest BCUT2D eigenvalue weighted by Gasteiger charge is 2.35. The Hall–Kier alpha value is -2.73. The second-order valence-electron chi connectivity index (χ2n) is 7.51. The molecule has 1 atom stereocenters. The van der Waals surface area contributed by atoms with Gasteiger partial charge in [-0.15, -0.1) is 15.6 Å². The number of sulfonamides is 1. The predicted octanol–water partition coefficient (Wildman–Crippen LogP) is 4.50. The molecule has 0 spiro atoms. The van der Waals surface area contributed by atoms with Gasteiger partial charge in [0.15, 0.2) is 5.82 Å². The highest BCUT2D eigenvalue weighted by molar-refractivity contribution is 7.93. The maximum Gasteiger partial charge on any atom is 0.427 e. The predicted molar refractivity (Wildman–Crippen MR) is 125 cm³/mol. The Kier molecular flexibility index (Phi) is 6.84. The van der Waals surface area contributed by atoms with Crippen molar-refractivity contribution in [1.82, 2.24) is 9.88 Å². The van der Waals surface area contributed by atoms with Crippen molar-refractivity contribution >= 4 is 50.6 Å². The Balaban J connectivity index is 1.51. The van der Waals surface area contributed by atoms with Crippen LogP contribution in [0.5, 0.6) is 0 Å². The van der Waals surface area contributed by atoms with E-state index in [9.17, 15) is 22.7 Å². The molecule has 2 aromatic carbocycles. The number of aromatic nitrogens is 1. The third kappa shape index (κ3) is 5.11. The Morgan fingerprint density at radius 3 is 2.76 bits per heavy atom. The van der Waals surface area contributed by atoms with E-state index in [1.165, 1.54) is 16.5 Å². The number of benzene rings is 2. The van der Waals surface area contributed by atoms with Gasteiger partial charge in [-0.25, -0.2) is 22.6 Å². The smallest absolute Gasteiger partial charge is 0.427 e. The van der Waals surface area contributed by atoms with E-state index in [0.717, 1.165) is 43.0 Å². The van der Waals surface area contributed by atoms with Crippen LogP contribution in [-0.4, -0.2) is 48.6 Å². The third-order valence-corrected chi connectivity index (χ3v) is 7.80. The van der Waals surface area contributed by atoms with Gasteiger partial charge in [-0.2, -0.15) is 0 Å². The number of nitrogens with zero attached hydrogens (tertiary/aromatic N) is 3. The van der Waals surface area contributed by atoms with Crippen molar-refractivity contribution < 1.29 is 22.7 Å². The number of carboxylic acid groups (broad SMARTS) is 1. The van der Waals surface area contributed by atoms with Gasteiger partial charge in [-0.1, -0.05) is 41.9 Å². The van der Waals surface area contributed by atoms with Gasteiger partial charge < -0.3 is 10.4 Å². The first-order valence-corrected chi connectivity index (χ1v) is 12.7. The van der Waals surface area contributed by atoms with Crippen LogP contribution in [0.15, 0.2) is 58.3 Å². The highest BCUT2D eigenvalue weighted by Crippen LogP contribution is 2.33. The molecule has 1 aliphatic rings. The maximum atomic E-state index is 14.9. The number of likely N-dealkylation sites (tertiary alicyclic amines) is 1. The molecule has 1 fully saturated rings. The van der Waals surface area contributed by atoms with Crippen molar-refractivity contribution in [3.63, 3.8) is 0 Å². The van der Waals surface area contributed by atoms with Gasteiger partial charge in [0, 0.05) is 31.1 Å². The van der Waals surface area contributed by atoms with Crippen molar-refractivity contribution in [3.8, 4) is 0 Å². The lowest BCUT2D eigenvalue weighted by Crippen LogP contribution is -2.36. The molecule has 0 unspecified atom stereocenters. The Bertz CT molecular complexity index is 1240. The zero-order valence-corrected chi connectivity index (χ0v) is 19.6. The van der Waals surface area contributed by atoms with Gasteiger partial charge in [0.05, 0.1) is 16.2 Å². The fourth-order valence-corrected chi connectivity index (χ4v) is 5.91. The van der Waals surface area contributed by atoms with Gasteiger partial charge in [-0.05, 0) is 24.1 Å². The number of nitrogens with one attached hydrogen (secondary N) is 1. The van der Waals surface area contributed by atoms with E-state index in [-0.39, 0.29) is 26.9 Å². The Labute approximate surface area is 199 Å². The number of anilines is 2. The van der Waals surface area contributed by atoms with Crippen molar-refractivity contribution in [1.29, 1.82) is 0 Å². The van der Waals surface area contributed by atoms with Crippen LogP contribution < -0.4 is 9.62 Å². The second-order valence-corrected chi connectivity index (χ2v) is 10.4. The van der Waals surface area contributed by atoms with Gasteiger partial charge in [0.2, 0.25) is 0 Å². The van der Waals surface area contributed by atoms with Crippen LogP contribution in [0.4, 0.5) is 20.7 Å². The molecule has 3 aromatic rings. The highest BCUT2D eigenvalue weighted by atomic mass is 35.5. The minimum absolute atomic E-state index is 0.00130. The van der Waals surface area contributed by atoms with Crippen LogP contribution >= 0.6 is 22.9 Å². The summed E-state index contributed by atoms with van der Waals surface area (Å²) in [6.45, 7) is 2.35. The first-order chi connectivity index (χ1) is 15.8. The average Bonchev–Trinajstić information content (AvgIpc) is 3.43. The van der Waals surface area contributed by atoms with Gasteiger partial charge in [-0.3, -0.25) is 4.90 Å². The number of amides is 1. The fraction of sp³-hybridized carbons (Fsp3) is 0.238. The summed E-state index contributed by atoms with van der Waals surface area (Å²) in [6.07, 6.45) is -0.996. The van der Waals surface area contributed by atoms with Crippen LogP contribution in [0.25, 0.3) is 0 Å². The molecule has 0 aliphatic carbocycles. The third-order valence-electron chi connectivity index (χ3n) is 5.22. The molecule has 0 radical (unpaired) electrons. The van der Waals surface area contributed by atoms with E-state index in [0.29, 0.717) is 6.54 Å². The Morgan fingerprint density at radius 1 is 1.33 bits per heavy atom. The van der Waals surface area contributed by atoms with Crippen LogP contribution in [-0.2, 0) is 16.6 Å². The number of thiazole rings is 1. The van der Waals surface area contributed by atoms with Crippen LogP contribution in [0.1, 0.15) is 12.0 Å². The van der Waals surface area contributed by atoms with Crippen molar-refractivity contribution in [2.24, 2.45) is 0 Å². The first-order valence-electron chi connectivity index (χ1n) is 9.94. The van der Waals surface area contributed by atoms with Crippen molar-refractivity contribution in [3.05, 3.63) is 69.8 Å². The van der Waals surface area contributed by atoms with Crippen LogP contribution in [0.3, 0.4) is 0 Å². The second kappa shape index (κ2) is 9.64. The summed E-state index contributed by atoms with van der Waals surface area (Å²) in [4.78, 5) is 16.7. The summed E-state index contributed by atoms with van der Waals surface area (Å²) >= 11 is 7.28. The van der Waals surface area contributed by atoms with Crippen LogP contribution in [0, 0.1) is 5.82 Å². The standard InChI is InChI=1S/C21H20ClFN4O4S2/c22-16-8-19(33(30,31)27(21(28)29)20-12-32-13-24-20)17(23)9-18(16)25-15-6-7-26(11-15)10-14-4-2-1-3-5-14/h1-5,8-9,12-13,15,25H,6-7,10-11H2,(H,28,29)/t15-/m1/s1. The topological polar surface area (TPSA) is 103 Å². The fourth-order valence-electron chi connectivity index (χ4n) is 3.72. The molecule has 1 amide bonds. The summed E-state index contributed by atoms with van der Waals surface area (Å²) < 4.78 is 40.7. The lowest BCUT2D eigenvalue weighted by Gasteiger charge is -2.20. The molecular weight excluding hydrogens is 491 g/mol. The quantitative estimate of drug-likeness (QED) is 0.482. The van der Waals surface area contributed by atoms with Crippen LogP contribution in [0.2, 0.25) is 5.02 Å². The first kappa shape index (κ1) is 23.4. The molecule has 174 valence electrons. The number of carbonyl (C=O) groups is 1. The molecule has 1 aliphatic heterocycles. The summed E-state index contributed by atoms with van der Waals surface area (Å²) in [5.41, 5.74) is 2.72. The van der Waals surface area contributed by atoms with E-state index >= 15 is 0 Å². The minimum Gasteiger partial charge on any atom is -0.464 e. The molecule has 2 N–H and O–H groups in total. The monoisotopic (exact) mass is 510 g/mol. The summed E-state index contributed by atoms with van der Waals surface area (Å²) in [5, 5.41) is 13.8. The van der Waals surface area contributed by atoms with Gasteiger partial charge >= 0.3 is 6.09 Å². The van der Waals surface area contributed by atoms with Gasteiger partial charge in [0.1, 0.15) is 10.7 Å². The largest absolute Gasteiger partial charge is 0.464 e. The molecule has 0 saturated carbocycles. The maximum absolute atomic E-state index is 14.9. The van der Waals surface area contributed by atoms with E-state index in [1.54, 1.807) is 0 Å². The number of hydrogen-bond donors (Lipinski definition) is 2. The summed E-state index contributed by atoms with van der Waals surface area (Å²) in [5.74, 6) is -1.45. The molecule has 0 bridgehead atoms.